The van der Waals surface area contributed by atoms with Crippen molar-refractivity contribution < 1.29 is 4.79 Å². The predicted molar refractivity (Wildman–Crippen MR) is 89.8 cm³/mol. The minimum atomic E-state index is -0.432. The van der Waals surface area contributed by atoms with Crippen molar-refractivity contribution in [2.75, 3.05) is 0 Å². The number of piperidine rings is 1. The molecule has 0 saturated carbocycles. The van der Waals surface area contributed by atoms with E-state index in [1.54, 1.807) is 11.6 Å². The number of imidazole rings is 1. The molecule has 1 amide bonds. The largest absolute Gasteiger partial charge is 0.336 e. The summed E-state index contributed by atoms with van der Waals surface area (Å²) in [6.07, 6.45) is 4.58. The van der Waals surface area contributed by atoms with E-state index >= 15 is 0 Å². The second-order valence-electron chi connectivity index (χ2n) is 6.68. The number of likely N-dealkylation sites (tertiary alicyclic amines) is 1. The van der Waals surface area contributed by atoms with Crippen molar-refractivity contribution in [2.45, 2.75) is 51.7 Å². The lowest BCUT2D eigenvalue weighted by atomic mass is 9.97. The van der Waals surface area contributed by atoms with Gasteiger partial charge in [0.25, 0.3) is 5.56 Å². The zero-order chi connectivity index (χ0) is 17.6. The number of carbonyl (C=O) groups is 1. The van der Waals surface area contributed by atoms with E-state index in [9.17, 15) is 14.4 Å². The number of fused-ring (bicyclic) bond motifs is 1. The van der Waals surface area contributed by atoms with Crippen molar-refractivity contribution >= 4 is 17.1 Å². The van der Waals surface area contributed by atoms with Crippen molar-refractivity contribution in [1.29, 1.82) is 0 Å². The second kappa shape index (κ2) is 5.92. The van der Waals surface area contributed by atoms with Crippen LogP contribution in [-0.4, -0.2) is 41.6 Å². The summed E-state index contributed by atoms with van der Waals surface area (Å²) in [5.41, 5.74) is -0.276. The number of rotatable bonds is 2. The lowest BCUT2D eigenvalue weighted by Gasteiger charge is -2.39. The van der Waals surface area contributed by atoms with Crippen molar-refractivity contribution in [3.63, 3.8) is 0 Å². The third-order valence-corrected chi connectivity index (χ3v) is 5.00. The van der Waals surface area contributed by atoms with Crippen LogP contribution in [0.2, 0.25) is 0 Å². The fraction of sp³-hybridized carbons (Fsp3) is 0.625. The fourth-order valence-electron chi connectivity index (χ4n) is 3.66. The van der Waals surface area contributed by atoms with E-state index in [1.807, 2.05) is 4.90 Å². The van der Waals surface area contributed by atoms with Gasteiger partial charge in [-0.15, -0.1) is 0 Å². The van der Waals surface area contributed by atoms with Crippen molar-refractivity contribution in [3.8, 4) is 0 Å². The molecule has 0 radical (unpaired) electrons. The first kappa shape index (κ1) is 16.5. The normalized spacial score (nSPS) is 21.4. The van der Waals surface area contributed by atoms with Gasteiger partial charge in [-0.05, 0) is 33.1 Å². The predicted octanol–water partition coefficient (Wildman–Crippen LogP) is 0.223. The van der Waals surface area contributed by atoms with Crippen LogP contribution in [0.15, 0.2) is 15.9 Å². The van der Waals surface area contributed by atoms with Crippen LogP contribution < -0.4 is 11.2 Å². The van der Waals surface area contributed by atoms with E-state index in [1.165, 1.54) is 17.9 Å². The Kier molecular flexibility index (Phi) is 4.06. The molecule has 2 aromatic rings. The monoisotopic (exact) mass is 333 g/mol. The average Bonchev–Trinajstić information content (AvgIpc) is 2.94. The molecule has 1 fully saturated rings. The molecular weight excluding hydrogens is 310 g/mol. The lowest BCUT2D eigenvalue weighted by molar-refractivity contribution is -0.137. The SMILES string of the molecule is C[C@H]1CCC[C@H](C)N1C(=O)Cn1cnc2c1c(=O)n(C)c(=O)n2C. The quantitative estimate of drug-likeness (QED) is 0.787. The van der Waals surface area contributed by atoms with Crippen LogP contribution in [0.1, 0.15) is 33.1 Å². The smallest absolute Gasteiger partial charge is 0.332 e. The molecule has 1 aliphatic heterocycles. The minimum absolute atomic E-state index is 0.0232. The maximum Gasteiger partial charge on any atom is 0.332 e. The number of carbonyl (C=O) groups excluding carboxylic acids is 1. The van der Waals surface area contributed by atoms with Gasteiger partial charge < -0.3 is 9.47 Å². The zero-order valence-corrected chi connectivity index (χ0v) is 14.5. The molecular formula is C16H23N5O3. The van der Waals surface area contributed by atoms with Gasteiger partial charge in [0.1, 0.15) is 6.54 Å². The molecule has 0 unspecified atom stereocenters. The van der Waals surface area contributed by atoms with Gasteiger partial charge in [0.05, 0.1) is 6.33 Å². The average molecular weight is 333 g/mol. The zero-order valence-electron chi connectivity index (χ0n) is 14.5. The highest BCUT2D eigenvalue weighted by Gasteiger charge is 2.29. The van der Waals surface area contributed by atoms with Crippen LogP contribution in [0.5, 0.6) is 0 Å². The maximum absolute atomic E-state index is 12.8. The summed E-state index contributed by atoms with van der Waals surface area (Å²) in [6.45, 7) is 4.17. The molecule has 2 aromatic heterocycles. The number of aryl methyl sites for hydroxylation is 1. The van der Waals surface area contributed by atoms with Crippen LogP contribution in [-0.2, 0) is 25.4 Å². The number of hydrogen-bond donors (Lipinski definition) is 0. The van der Waals surface area contributed by atoms with Gasteiger partial charge in [0, 0.05) is 26.2 Å². The molecule has 2 atom stereocenters. The van der Waals surface area contributed by atoms with E-state index in [4.69, 9.17) is 0 Å². The van der Waals surface area contributed by atoms with E-state index in [-0.39, 0.29) is 30.1 Å². The highest BCUT2D eigenvalue weighted by atomic mass is 16.2. The Balaban J connectivity index is 2.01. The summed E-state index contributed by atoms with van der Waals surface area (Å²) in [4.78, 5) is 43.2. The molecule has 0 aliphatic carbocycles. The summed E-state index contributed by atoms with van der Waals surface area (Å²) >= 11 is 0. The van der Waals surface area contributed by atoms with Crippen LogP contribution >= 0.6 is 0 Å². The highest BCUT2D eigenvalue weighted by Crippen LogP contribution is 2.23. The van der Waals surface area contributed by atoms with E-state index in [0.717, 1.165) is 23.8 Å². The summed E-state index contributed by atoms with van der Waals surface area (Å²) in [5, 5.41) is 0. The molecule has 1 saturated heterocycles. The molecule has 0 N–H and O–H groups in total. The Morgan fingerprint density at radius 3 is 2.42 bits per heavy atom. The molecule has 24 heavy (non-hydrogen) atoms. The molecule has 130 valence electrons. The minimum Gasteiger partial charge on any atom is -0.336 e. The molecule has 1 aliphatic rings. The van der Waals surface area contributed by atoms with Gasteiger partial charge in [-0.25, -0.2) is 9.78 Å². The van der Waals surface area contributed by atoms with Crippen molar-refractivity contribution in [2.24, 2.45) is 14.1 Å². The Bertz CT molecular complexity index is 897. The number of amides is 1. The van der Waals surface area contributed by atoms with E-state index < -0.39 is 11.2 Å². The van der Waals surface area contributed by atoms with Crippen LogP contribution in [0.3, 0.4) is 0 Å². The van der Waals surface area contributed by atoms with Crippen molar-refractivity contribution in [3.05, 3.63) is 27.2 Å². The molecule has 3 rings (SSSR count). The molecule has 0 aromatic carbocycles. The van der Waals surface area contributed by atoms with Crippen LogP contribution in [0.25, 0.3) is 11.2 Å². The lowest BCUT2D eigenvalue weighted by Crippen LogP contribution is -2.48. The van der Waals surface area contributed by atoms with Gasteiger partial charge in [0.2, 0.25) is 5.91 Å². The third-order valence-electron chi connectivity index (χ3n) is 5.00. The first-order chi connectivity index (χ1) is 11.3. The van der Waals surface area contributed by atoms with Crippen LogP contribution in [0.4, 0.5) is 0 Å². The van der Waals surface area contributed by atoms with Crippen LogP contribution in [0, 0.1) is 0 Å². The van der Waals surface area contributed by atoms with E-state index in [2.05, 4.69) is 18.8 Å². The highest BCUT2D eigenvalue weighted by molar-refractivity contribution is 5.79. The third kappa shape index (κ3) is 2.46. The van der Waals surface area contributed by atoms with Crippen molar-refractivity contribution in [1.82, 2.24) is 23.6 Å². The van der Waals surface area contributed by atoms with Gasteiger partial charge in [-0.3, -0.25) is 18.7 Å². The Morgan fingerprint density at radius 2 is 1.79 bits per heavy atom. The van der Waals surface area contributed by atoms with E-state index in [0.29, 0.717) is 5.65 Å². The molecule has 3 heterocycles. The number of aromatic nitrogens is 4. The summed E-state index contributed by atoms with van der Waals surface area (Å²) in [6, 6.07) is 0.395. The molecule has 8 heteroatoms. The molecule has 0 bridgehead atoms. The van der Waals surface area contributed by atoms with Gasteiger partial charge in [-0.1, -0.05) is 0 Å². The fourth-order valence-corrected chi connectivity index (χ4v) is 3.66. The standard InChI is InChI=1S/C16H23N5O3/c1-10-6-5-7-11(2)21(10)12(22)8-20-9-17-14-13(20)15(23)19(4)16(24)18(14)3/h9-11H,5-8H2,1-4H3/t10-,11-/m0/s1. The topological polar surface area (TPSA) is 82.1 Å². The van der Waals surface area contributed by atoms with Gasteiger partial charge >= 0.3 is 5.69 Å². The molecule has 0 spiro atoms. The first-order valence-corrected chi connectivity index (χ1v) is 8.25. The Morgan fingerprint density at radius 1 is 1.17 bits per heavy atom. The Hall–Kier alpha value is -2.38. The van der Waals surface area contributed by atoms with Gasteiger partial charge in [0.15, 0.2) is 11.2 Å². The molecule has 8 nitrogen and oxygen atoms in total. The maximum atomic E-state index is 12.8. The Labute approximate surface area is 139 Å². The second-order valence-corrected chi connectivity index (χ2v) is 6.68. The number of nitrogens with zero attached hydrogens (tertiary/aromatic N) is 5. The summed E-state index contributed by atoms with van der Waals surface area (Å²) < 4.78 is 3.91. The van der Waals surface area contributed by atoms with Gasteiger partial charge in [-0.2, -0.15) is 0 Å². The first-order valence-electron chi connectivity index (χ1n) is 8.25. The summed E-state index contributed by atoms with van der Waals surface area (Å²) in [7, 11) is 3.00. The summed E-state index contributed by atoms with van der Waals surface area (Å²) in [5.74, 6) is -0.0232. The number of hydrogen-bond acceptors (Lipinski definition) is 4.